The van der Waals surface area contributed by atoms with Crippen LogP contribution in [0.4, 0.5) is 0 Å². The van der Waals surface area contributed by atoms with Gasteiger partial charge in [0, 0.05) is 34.1 Å². The van der Waals surface area contributed by atoms with Gasteiger partial charge in [-0.05, 0) is 79.2 Å². The van der Waals surface area contributed by atoms with Crippen molar-refractivity contribution in [3.8, 4) is 33.9 Å². The van der Waals surface area contributed by atoms with E-state index in [9.17, 15) is 0 Å². The summed E-state index contributed by atoms with van der Waals surface area (Å²) in [6.07, 6.45) is 1.58. The molecule has 0 spiro atoms. The van der Waals surface area contributed by atoms with E-state index in [0.29, 0.717) is 17.5 Å². The zero-order valence-electron chi connectivity index (χ0n) is 29.9. The molecule has 1 aliphatic carbocycles. The van der Waals surface area contributed by atoms with Crippen LogP contribution in [0.1, 0.15) is 29.1 Å². The molecule has 0 amide bonds. The minimum atomic E-state index is 0.634. The molecule has 0 saturated carbocycles. The maximum absolute atomic E-state index is 6.57. The Hall–Kier alpha value is -7.17. The Balaban J connectivity index is 1.18. The first-order valence-electron chi connectivity index (χ1n) is 18.8. The average molecular weight is 704 g/mol. The fraction of sp³-hybridized carbons (Fsp3) is 0.0392. The summed E-state index contributed by atoms with van der Waals surface area (Å²) in [6, 6.07) is 62.1. The summed E-state index contributed by atoms with van der Waals surface area (Å²) in [5.41, 5.74) is 9.54. The van der Waals surface area contributed by atoms with Gasteiger partial charge in [0.05, 0.1) is 0 Å². The largest absolute Gasteiger partial charge is 0.460 e. The Morgan fingerprint density at radius 1 is 0.364 bits per heavy atom. The van der Waals surface area contributed by atoms with Crippen LogP contribution in [0.25, 0.3) is 88.3 Å². The fourth-order valence-corrected chi connectivity index (χ4v) is 8.31. The quantitative estimate of drug-likeness (QED) is 0.167. The van der Waals surface area contributed by atoms with Crippen molar-refractivity contribution in [3.63, 3.8) is 0 Å². The maximum Gasteiger partial charge on any atom is 0.165 e. The van der Waals surface area contributed by atoms with Crippen LogP contribution < -0.4 is 0 Å². The molecule has 0 saturated heterocycles. The van der Waals surface area contributed by atoms with Crippen molar-refractivity contribution in [2.24, 2.45) is 0 Å². The lowest BCUT2D eigenvalue weighted by atomic mass is 9.84. The van der Waals surface area contributed by atoms with Crippen LogP contribution in [-0.4, -0.2) is 15.0 Å². The van der Waals surface area contributed by atoms with Gasteiger partial charge < -0.3 is 4.42 Å². The highest BCUT2D eigenvalue weighted by Crippen LogP contribution is 2.45. The molecular weight excluding hydrogens is 671 g/mol. The van der Waals surface area contributed by atoms with Crippen LogP contribution >= 0.6 is 0 Å². The second-order valence-electron chi connectivity index (χ2n) is 14.3. The van der Waals surface area contributed by atoms with Crippen LogP contribution in [0.15, 0.2) is 180 Å². The van der Waals surface area contributed by atoms with Gasteiger partial charge in [0.2, 0.25) is 0 Å². The summed E-state index contributed by atoms with van der Waals surface area (Å²) in [5.74, 6) is 2.87. The van der Waals surface area contributed by atoms with Crippen LogP contribution in [0, 0.1) is 0 Å². The van der Waals surface area contributed by atoms with Gasteiger partial charge in [-0.25, -0.2) is 15.0 Å². The Bertz CT molecular complexity index is 3140. The molecule has 0 atom stereocenters. The molecule has 0 radical (unpaired) electrons. The van der Waals surface area contributed by atoms with Crippen molar-refractivity contribution in [1.29, 1.82) is 0 Å². The zero-order chi connectivity index (χ0) is 36.3. The van der Waals surface area contributed by atoms with E-state index in [1.54, 1.807) is 0 Å². The zero-order valence-corrected chi connectivity index (χ0v) is 29.9. The van der Waals surface area contributed by atoms with Crippen LogP contribution in [0.3, 0.4) is 0 Å². The smallest absolute Gasteiger partial charge is 0.165 e. The number of aromatic nitrogens is 3. The van der Waals surface area contributed by atoms with Gasteiger partial charge in [0.25, 0.3) is 0 Å². The predicted molar refractivity (Wildman–Crippen MR) is 226 cm³/mol. The first-order chi connectivity index (χ1) is 27.2. The molecular formula is C51H33N3O. The molecule has 2 aromatic heterocycles. The molecule has 2 heterocycles. The Kier molecular flexibility index (Phi) is 7.27. The van der Waals surface area contributed by atoms with E-state index in [0.717, 1.165) is 62.8 Å². The first-order valence-corrected chi connectivity index (χ1v) is 18.8. The number of furan rings is 1. The Labute approximate surface area is 318 Å². The molecule has 10 aromatic rings. The number of fused-ring (bicyclic) bond motifs is 7. The van der Waals surface area contributed by atoms with E-state index < -0.39 is 0 Å². The summed E-state index contributed by atoms with van der Waals surface area (Å²) in [6.45, 7) is 0. The highest BCUT2D eigenvalue weighted by molar-refractivity contribution is 6.09. The molecule has 0 unspecified atom stereocenters. The van der Waals surface area contributed by atoms with E-state index in [1.807, 2.05) is 6.07 Å². The summed E-state index contributed by atoms with van der Waals surface area (Å²) in [5, 5.41) is 8.14. The van der Waals surface area contributed by atoms with Crippen molar-refractivity contribution < 1.29 is 4.42 Å². The van der Waals surface area contributed by atoms with Gasteiger partial charge in [-0.3, -0.25) is 0 Å². The van der Waals surface area contributed by atoms with Crippen molar-refractivity contribution >= 4 is 54.4 Å². The molecule has 8 aromatic carbocycles. The summed E-state index contributed by atoms with van der Waals surface area (Å²) >= 11 is 0. The summed E-state index contributed by atoms with van der Waals surface area (Å²) in [7, 11) is 0. The predicted octanol–water partition coefficient (Wildman–Crippen LogP) is 13.0. The number of rotatable bonds is 5. The van der Waals surface area contributed by atoms with Gasteiger partial charge in [-0.15, -0.1) is 0 Å². The third-order valence-electron chi connectivity index (χ3n) is 11.0. The van der Waals surface area contributed by atoms with E-state index in [4.69, 9.17) is 19.4 Å². The molecule has 4 nitrogen and oxygen atoms in total. The number of allylic oxidation sites excluding steroid dienone is 1. The van der Waals surface area contributed by atoms with Crippen LogP contribution in [-0.2, 0) is 6.42 Å². The van der Waals surface area contributed by atoms with E-state index in [-0.39, 0.29) is 0 Å². The lowest BCUT2D eigenvalue weighted by molar-refractivity contribution is 0.547. The fourth-order valence-electron chi connectivity index (χ4n) is 8.31. The normalized spacial score (nSPS) is 12.9. The molecule has 11 rings (SSSR count). The number of hydrogen-bond donors (Lipinski definition) is 0. The summed E-state index contributed by atoms with van der Waals surface area (Å²) in [4.78, 5) is 16.0. The van der Waals surface area contributed by atoms with E-state index in [2.05, 4.69) is 170 Å². The van der Waals surface area contributed by atoms with Crippen LogP contribution in [0.5, 0.6) is 0 Å². The van der Waals surface area contributed by atoms with Gasteiger partial charge in [-0.1, -0.05) is 158 Å². The van der Waals surface area contributed by atoms with E-state index in [1.165, 1.54) is 43.6 Å². The van der Waals surface area contributed by atoms with Gasteiger partial charge >= 0.3 is 0 Å². The van der Waals surface area contributed by atoms with Crippen molar-refractivity contribution in [1.82, 2.24) is 15.0 Å². The molecule has 4 heteroatoms. The number of nitrogens with zero attached hydrogens (tertiary/aromatic N) is 3. The van der Waals surface area contributed by atoms with Gasteiger partial charge in [0.15, 0.2) is 17.5 Å². The molecule has 0 N–H and O–H groups in total. The number of hydrogen-bond acceptors (Lipinski definition) is 4. The SMILES string of the molecule is c1ccc(-c2ccc(C3=C(c4nc(-c5ccc6ccccc6c5)nc(-c5ccc6ccc7ccccc7c6c5)n4)c4c(oc5ccccc45)CC3)cc2)cc1. The van der Waals surface area contributed by atoms with Crippen molar-refractivity contribution in [2.75, 3.05) is 0 Å². The van der Waals surface area contributed by atoms with Crippen molar-refractivity contribution in [3.05, 3.63) is 199 Å². The highest BCUT2D eigenvalue weighted by atomic mass is 16.3. The number of aryl methyl sites for hydroxylation is 1. The Morgan fingerprint density at radius 3 is 1.71 bits per heavy atom. The topological polar surface area (TPSA) is 51.8 Å². The number of benzene rings is 8. The second-order valence-corrected chi connectivity index (χ2v) is 14.3. The molecule has 0 fully saturated rings. The van der Waals surface area contributed by atoms with Gasteiger partial charge in [-0.2, -0.15) is 0 Å². The minimum absolute atomic E-state index is 0.634. The average Bonchev–Trinajstić information content (AvgIpc) is 3.65. The Morgan fingerprint density at radius 2 is 0.909 bits per heavy atom. The maximum atomic E-state index is 6.57. The summed E-state index contributed by atoms with van der Waals surface area (Å²) < 4.78 is 6.57. The van der Waals surface area contributed by atoms with Gasteiger partial charge in [0.1, 0.15) is 11.3 Å². The molecule has 0 aliphatic heterocycles. The van der Waals surface area contributed by atoms with Crippen LogP contribution in [0.2, 0.25) is 0 Å². The number of para-hydroxylation sites is 1. The van der Waals surface area contributed by atoms with Crippen molar-refractivity contribution in [2.45, 2.75) is 12.8 Å². The third-order valence-corrected chi connectivity index (χ3v) is 11.0. The standard InChI is InChI=1S/C51H33N3O/c1-2-10-32(11-3-1)34-18-21-36(22-19-34)42-28-29-46-47(43-16-8-9-17-45(43)55-46)48(42)51-53-49(39-26-20-33-12-4-5-14-38(33)30-39)52-50(54-51)40-27-25-37-24-23-35-13-6-7-15-41(35)44(37)31-40/h1-27,30-31H,28-29H2. The monoisotopic (exact) mass is 703 g/mol. The third kappa shape index (κ3) is 5.42. The lowest BCUT2D eigenvalue weighted by Gasteiger charge is -2.21. The second kappa shape index (κ2) is 12.8. The van der Waals surface area contributed by atoms with E-state index >= 15 is 0 Å². The molecule has 258 valence electrons. The molecule has 55 heavy (non-hydrogen) atoms. The first kappa shape index (κ1) is 31.4. The highest BCUT2D eigenvalue weighted by Gasteiger charge is 2.30. The molecule has 1 aliphatic rings. The molecule has 0 bridgehead atoms. The minimum Gasteiger partial charge on any atom is -0.460 e. The lowest BCUT2D eigenvalue weighted by Crippen LogP contribution is -2.09.